The number of nitrogens with zero attached hydrogens (tertiary/aromatic N) is 3. The molecular weight excluding hydrogens is 344 g/mol. The van der Waals surface area contributed by atoms with Crippen LogP contribution in [-0.2, 0) is 14.3 Å². The first kappa shape index (κ1) is 18.4. The lowest BCUT2D eigenvalue weighted by Crippen LogP contribution is -2.22. The standard InChI is InChI=1S/C16H16N4O4S/c1-20(2)15(23)11-7-5-4-6-10(11)9-17-19-16-18-14(22)12(25-16)8-13(21)24-3/h4-9H,1-3H3,(H,18,19,22)/b12-8+,17-9?. The number of nitrogens with one attached hydrogen (secondary N) is 1. The summed E-state index contributed by atoms with van der Waals surface area (Å²) in [6.07, 6.45) is 2.51. The van der Waals surface area contributed by atoms with E-state index in [0.717, 1.165) is 17.8 Å². The highest BCUT2D eigenvalue weighted by molar-refractivity contribution is 8.18. The van der Waals surface area contributed by atoms with Crippen LogP contribution >= 0.6 is 11.8 Å². The summed E-state index contributed by atoms with van der Waals surface area (Å²) in [6.45, 7) is 0. The molecule has 2 amide bonds. The third-order valence-electron chi connectivity index (χ3n) is 3.04. The number of amides is 2. The fourth-order valence-electron chi connectivity index (χ4n) is 1.83. The van der Waals surface area contributed by atoms with Gasteiger partial charge in [-0.15, -0.1) is 5.10 Å². The summed E-state index contributed by atoms with van der Waals surface area (Å²) in [5.74, 6) is -1.23. The summed E-state index contributed by atoms with van der Waals surface area (Å²) < 4.78 is 4.48. The second-order valence-corrected chi connectivity index (χ2v) is 6.06. The number of methoxy groups -OCH3 is 1. The maximum atomic E-state index is 12.1. The van der Waals surface area contributed by atoms with Gasteiger partial charge >= 0.3 is 5.97 Å². The summed E-state index contributed by atoms with van der Waals surface area (Å²) in [5.41, 5.74) is 1.09. The first-order valence-electron chi connectivity index (χ1n) is 7.13. The monoisotopic (exact) mass is 360 g/mol. The van der Waals surface area contributed by atoms with E-state index in [4.69, 9.17) is 0 Å². The zero-order chi connectivity index (χ0) is 18.4. The van der Waals surface area contributed by atoms with Crippen LogP contribution in [0.2, 0.25) is 0 Å². The molecule has 0 bridgehead atoms. The Hall–Kier alpha value is -2.94. The maximum absolute atomic E-state index is 12.1. The Labute approximate surface area is 148 Å². The molecule has 9 heteroatoms. The molecule has 0 aromatic heterocycles. The molecule has 0 saturated carbocycles. The second kappa shape index (κ2) is 8.25. The van der Waals surface area contributed by atoms with Gasteiger partial charge in [0, 0.05) is 31.3 Å². The first-order chi connectivity index (χ1) is 11.9. The Bertz CT molecular complexity index is 799. The minimum Gasteiger partial charge on any atom is -0.466 e. The molecule has 0 spiro atoms. The number of hydrogen-bond donors (Lipinski definition) is 1. The Kier molecular flexibility index (Phi) is 6.07. The zero-order valence-corrected chi connectivity index (χ0v) is 14.7. The lowest BCUT2D eigenvalue weighted by Gasteiger charge is -2.11. The number of rotatable bonds is 4. The van der Waals surface area contributed by atoms with Gasteiger partial charge in [0.2, 0.25) is 0 Å². The van der Waals surface area contributed by atoms with Crippen LogP contribution in [0, 0.1) is 0 Å². The van der Waals surface area contributed by atoms with Crippen molar-refractivity contribution in [3.05, 3.63) is 46.4 Å². The van der Waals surface area contributed by atoms with Crippen molar-refractivity contribution in [1.82, 2.24) is 10.2 Å². The van der Waals surface area contributed by atoms with E-state index in [1.807, 2.05) is 0 Å². The van der Waals surface area contributed by atoms with Gasteiger partial charge in [0.15, 0.2) is 5.17 Å². The largest absolute Gasteiger partial charge is 0.466 e. The van der Waals surface area contributed by atoms with Gasteiger partial charge in [-0.05, 0) is 17.8 Å². The van der Waals surface area contributed by atoms with E-state index >= 15 is 0 Å². The number of esters is 1. The lowest BCUT2D eigenvalue weighted by molar-refractivity contribution is -0.135. The van der Waals surface area contributed by atoms with Gasteiger partial charge in [-0.1, -0.05) is 18.2 Å². The lowest BCUT2D eigenvalue weighted by atomic mass is 10.1. The van der Waals surface area contributed by atoms with E-state index in [2.05, 4.69) is 20.3 Å². The van der Waals surface area contributed by atoms with Crippen molar-refractivity contribution in [2.75, 3.05) is 21.2 Å². The van der Waals surface area contributed by atoms with Gasteiger partial charge in [-0.25, -0.2) is 4.79 Å². The Morgan fingerprint density at radius 2 is 2.00 bits per heavy atom. The molecule has 1 N–H and O–H groups in total. The van der Waals surface area contributed by atoms with Crippen molar-refractivity contribution < 1.29 is 19.1 Å². The molecule has 1 aromatic carbocycles. The van der Waals surface area contributed by atoms with E-state index < -0.39 is 11.9 Å². The van der Waals surface area contributed by atoms with Crippen molar-refractivity contribution in [1.29, 1.82) is 0 Å². The zero-order valence-electron chi connectivity index (χ0n) is 13.8. The van der Waals surface area contributed by atoms with Crippen LogP contribution in [0.4, 0.5) is 0 Å². The van der Waals surface area contributed by atoms with E-state index in [0.29, 0.717) is 11.1 Å². The van der Waals surface area contributed by atoms with Crippen molar-refractivity contribution in [2.45, 2.75) is 0 Å². The molecule has 130 valence electrons. The summed E-state index contributed by atoms with van der Waals surface area (Å²) in [6, 6.07) is 6.98. The van der Waals surface area contributed by atoms with Crippen LogP contribution in [-0.4, -0.2) is 55.3 Å². The molecule has 0 aliphatic carbocycles. The van der Waals surface area contributed by atoms with E-state index in [1.54, 1.807) is 38.4 Å². The van der Waals surface area contributed by atoms with Gasteiger partial charge in [0.1, 0.15) is 0 Å². The number of ether oxygens (including phenoxy) is 1. The second-order valence-electron chi connectivity index (χ2n) is 5.02. The molecule has 0 unspecified atom stereocenters. The summed E-state index contributed by atoms with van der Waals surface area (Å²) in [4.78, 5) is 36.6. The quantitative estimate of drug-likeness (QED) is 0.374. The number of carbonyl (C=O) groups is 3. The molecule has 0 atom stereocenters. The average Bonchev–Trinajstić information content (AvgIpc) is 2.94. The Morgan fingerprint density at radius 1 is 1.28 bits per heavy atom. The molecule has 1 aromatic rings. The van der Waals surface area contributed by atoms with Crippen LogP contribution < -0.4 is 5.32 Å². The molecule has 0 radical (unpaired) electrons. The molecular formula is C16H16N4O4S. The first-order valence-corrected chi connectivity index (χ1v) is 7.94. The third-order valence-corrected chi connectivity index (χ3v) is 3.94. The van der Waals surface area contributed by atoms with Gasteiger partial charge in [-0.2, -0.15) is 5.10 Å². The molecule has 1 heterocycles. The number of thioether (sulfide) groups is 1. The Balaban J connectivity index is 2.16. The highest BCUT2D eigenvalue weighted by atomic mass is 32.2. The van der Waals surface area contributed by atoms with Crippen LogP contribution in [0.1, 0.15) is 15.9 Å². The summed E-state index contributed by atoms with van der Waals surface area (Å²) in [5, 5.41) is 10.5. The summed E-state index contributed by atoms with van der Waals surface area (Å²) in [7, 11) is 4.55. The minimum absolute atomic E-state index is 0.151. The predicted octanol–water partition coefficient (Wildman–Crippen LogP) is 0.998. The van der Waals surface area contributed by atoms with Crippen molar-refractivity contribution in [3.8, 4) is 0 Å². The maximum Gasteiger partial charge on any atom is 0.331 e. The van der Waals surface area contributed by atoms with E-state index in [1.165, 1.54) is 18.2 Å². The van der Waals surface area contributed by atoms with Gasteiger partial charge in [0.05, 0.1) is 18.2 Å². The molecule has 1 fully saturated rings. The molecule has 2 rings (SSSR count). The fourth-order valence-corrected chi connectivity index (χ4v) is 2.57. The predicted molar refractivity (Wildman–Crippen MR) is 95.3 cm³/mol. The van der Waals surface area contributed by atoms with E-state index in [9.17, 15) is 14.4 Å². The minimum atomic E-state index is -0.626. The van der Waals surface area contributed by atoms with Gasteiger partial charge in [0.25, 0.3) is 11.8 Å². The molecule has 1 saturated heterocycles. The van der Waals surface area contributed by atoms with Crippen LogP contribution in [0.3, 0.4) is 0 Å². The van der Waals surface area contributed by atoms with Gasteiger partial charge < -0.3 is 9.64 Å². The summed E-state index contributed by atoms with van der Waals surface area (Å²) >= 11 is 0.974. The van der Waals surface area contributed by atoms with Crippen molar-refractivity contribution in [3.63, 3.8) is 0 Å². The van der Waals surface area contributed by atoms with E-state index in [-0.39, 0.29) is 16.0 Å². The molecule has 25 heavy (non-hydrogen) atoms. The van der Waals surface area contributed by atoms with Crippen LogP contribution in [0.5, 0.6) is 0 Å². The average molecular weight is 360 g/mol. The normalized spacial score (nSPS) is 17.2. The van der Waals surface area contributed by atoms with Crippen LogP contribution in [0.25, 0.3) is 0 Å². The number of amidine groups is 1. The molecule has 8 nitrogen and oxygen atoms in total. The van der Waals surface area contributed by atoms with Gasteiger partial charge in [-0.3, -0.25) is 14.9 Å². The number of benzene rings is 1. The molecule has 1 aliphatic rings. The third kappa shape index (κ3) is 4.77. The van der Waals surface area contributed by atoms with Crippen LogP contribution in [0.15, 0.2) is 45.4 Å². The smallest absolute Gasteiger partial charge is 0.331 e. The van der Waals surface area contributed by atoms with Crippen molar-refractivity contribution in [2.24, 2.45) is 10.2 Å². The Morgan fingerprint density at radius 3 is 2.68 bits per heavy atom. The molecule has 1 aliphatic heterocycles. The van der Waals surface area contributed by atoms with Crippen molar-refractivity contribution >= 4 is 40.9 Å². The fraction of sp³-hybridized carbons (Fsp3) is 0.188. The number of hydrogen-bond acceptors (Lipinski definition) is 7. The highest BCUT2D eigenvalue weighted by Gasteiger charge is 2.25. The highest BCUT2D eigenvalue weighted by Crippen LogP contribution is 2.23. The SMILES string of the molecule is COC(=O)/C=C1/S/C(=N\N=Cc2ccccc2C(=O)N(C)C)NC1=O. The topological polar surface area (TPSA) is 100 Å². The number of carbonyl (C=O) groups excluding carboxylic acids is 3.